The number of hydrogen-bond donors (Lipinski definition) is 1. The lowest BCUT2D eigenvalue weighted by atomic mass is 10.1. The van der Waals surface area contributed by atoms with E-state index in [1.165, 1.54) is 22.9 Å². The van der Waals surface area contributed by atoms with Crippen LogP contribution >= 0.6 is 11.8 Å². The second-order valence-corrected chi connectivity index (χ2v) is 8.46. The van der Waals surface area contributed by atoms with Crippen molar-refractivity contribution in [3.05, 3.63) is 94.3 Å². The molecule has 5 nitrogen and oxygen atoms in total. The first-order valence-corrected chi connectivity index (χ1v) is 11.3. The first-order chi connectivity index (χ1) is 15.2. The zero-order valence-corrected chi connectivity index (χ0v) is 17.7. The van der Waals surface area contributed by atoms with Gasteiger partial charge in [-0.3, -0.25) is 14.2 Å². The summed E-state index contributed by atoms with van der Waals surface area (Å²) < 4.78 is 1.58. The minimum Gasteiger partial charge on any atom is -0.325 e. The number of amides is 1. The minimum absolute atomic E-state index is 0.104. The van der Waals surface area contributed by atoms with Crippen molar-refractivity contribution >= 4 is 34.3 Å². The third-order valence-corrected chi connectivity index (χ3v) is 6.45. The molecule has 0 saturated carbocycles. The molecule has 0 spiro atoms. The van der Waals surface area contributed by atoms with Gasteiger partial charge in [0.25, 0.3) is 5.56 Å². The number of aryl methyl sites for hydroxylation is 1. The number of benzene rings is 3. The van der Waals surface area contributed by atoms with Gasteiger partial charge in [-0.1, -0.05) is 54.2 Å². The molecule has 1 aliphatic rings. The van der Waals surface area contributed by atoms with Gasteiger partial charge in [-0.15, -0.1) is 0 Å². The van der Waals surface area contributed by atoms with Gasteiger partial charge in [-0.05, 0) is 60.7 Å². The Morgan fingerprint density at radius 3 is 2.65 bits per heavy atom. The van der Waals surface area contributed by atoms with Crippen molar-refractivity contribution in [1.82, 2.24) is 9.55 Å². The van der Waals surface area contributed by atoms with Gasteiger partial charge in [-0.2, -0.15) is 0 Å². The second-order valence-electron chi connectivity index (χ2n) is 7.52. The highest BCUT2D eigenvalue weighted by molar-refractivity contribution is 7.99. The molecule has 0 bridgehead atoms. The number of aromatic nitrogens is 2. The molecule has 4 aromatic rings. The van der Waals surface area contributed by atoms with E-state index in [9.17, 15) is 9.59 Å². The van der Waals surface area contributed by atoms with Crippen molar-refractivity contribution in [3.8, 4) is 5.69 Å². The number of carbonyl (C=O) groups excluding carboxylic acids is 1. The van der Waals surface area contributed by atoms with Crippen molar-refractivity contribution in [2.75, 3.05) is 11.1 Å². The first kappa shape index (κ1) is 19.6. The van der Waals surface area contributed by atoms with Crippen LogP contribution in [0.5, 0.6) is 0 Å². The molecule has 5 rings (SSSR count). The number of para-hydroxylation sites is 2. The molecule has 0 fully saturated rings. The summed E-state index contributed by atoms with van der Waals surface area (Å²) in [6, 6.07) is 22.8. The zero-order valence-electron chi connectivity index (χ0n) is 16.9. The molecule has 0 radical (unpaired) electrons. The Morgan fingerprint density at radius 2 is 1.77 bits per heavy atom. The molecule has 154 valence electrons. The highest BCUT2D eigenvalue weighted by Crippen LogP contribution is 2.29. The van der Waals surface area contributed by atoms with Crippen LogP contribution in [-0.4, -0.2) is 21.2 Å². The Bertz CT molecular complexity index is 1330. The van der Waals surface area contributed by atoms with Crippen molar-refractivity contribution in [2.24, 2.45) is 0 Å². The molecule has 6 heteroatoms. The van der Waals surface area contributed by atoms with E-state index in [2.05, 4.69) is 11.4 Å². The van der Waals surface area contributed by atoms with E-state index in [1.807, 2.05) is 60.7 Å². The maximum Gasteiger partial charge on any atom is 0.266 e. The predicted molar refractivity (Wildman–Crippen MR) is 125 cm³/mol. The predicted octanol–water partition coefficient (Wildman–Crippen LogP) is 4.61. The zero-order chi connectivity index (χ0) is 21.2. The monoisotopic (exact) mass is 427 g/mol. The SMILES string of the molecule is O=C(CSc1nc2ccccc2c(=O)n1-c1ccccc1)Nc1cccc2c1CCC2. The lowest BCUT2D eigenvalue weighted by molar-refractivity contribution is -0.113. The van der Waals surface area contributed by atoms with E-state index < -0.39 is 0 Å². The van der Waals surface area contributed by atoms with Crippen LogP contribution in [0.3, 0.4) is 0 Å². The first-order valence-electron chi connectivity index (χ1n) is 10.3. The molecule has 0 unspecified atom stereocenters. The van der Waals surface area contributed by atoms with Crippen LogP contribution in [0.4, 0.5) is 5.69 Å². The summed E-state index contributed by atoms with van der Waals surface area (Å²) >= 11 is 1.27. The quantitative estimate of drug-likeness (QED) is 0.373. The Labute approximate surface area is 184 Å². The molecule has 31 heavy (non-hydrogen) atoms. The smallest absolute Gasteiger partial charge is 0.266 e. The Morgan fingerprint density at radius 1 is 0.968 bits per heavy atom. The average molecular weight is 428 g/mol. The van der Waals surface area contributed by atoms with E-state index >= 15 is 0 Å². The lowest BCUT2D eigenvalue weighted by Crippen LogP contribution is -2.23. The summed E-state index contributed by atoms with van der Waals surface area (Å²) in [6.45, 7) is 0. The van der Waals surface area contributed by atoms with Crippen molar-refractivity contribution in [1.29, 1.82) is 0 Å². The summed E-state index contributed by atoms with van der Waals surface area (Å²) in [5.41, 5.74) is 4.68. The molecular formula is C25H21N3O2S. The number of thioether (sulfide) groups is 1. The van der Waals surface area contributed by atoms with Crippen molar-refractivity contribution in [3.63, 3.8) is 0 Å². The van der Waals surface area contributed by atoms with Gasteiger partial charge in [0.1, 0.15) is 0 Å². The lowest BCUT2D eigenvalue weighted by Gasteiger charge is -2.14. The fourth-order valence-electron chi connectivity index (χ4n) is 4.07. The van der Waals surface area contributed by atoms with Crippen LogP contribution in [0.15, 0.2) is 82.7 Å². The van der Waals surface area contributed by atoms with Crippen molar-refractivity contribution < 1.29 is 4.79 Å². The number of nitrogens with one attached hydrogen (secondary N) is 1. The van der Waals surface area contributed by atoms with Crippen LogP contribution in [0.1, 0.15) is 17.5 Å². The van der Waals surface area contributed by atoms with Crippen LogP contribution in [-0.2, 0) is 17.6 Å². The van der Waals surface area contributed by atoms with Crippen LogP contribution < -0.4 is 10.9 Å². The number of nitrogens with zero attached hydrogens (tertiary/aromatic N) is 2. The van der Waals surface area contributed by atoms with Crippen LogP contribution in [0.2, 0.25) is 0 Å². The summed E-state index contributed by atoms with van der Waals surface area (Å²) in [7, 11) is 0. The number of fused-ring (bicyclic) bond motifs is 2. The third-order valence-electron chi connectivity index (χ3n) is 5.51. The molecule has 1 aliphatic carbocycles. The standard InChI is InChI=1S/C25H21N3O2S/c29-23(26-21-15-7-9-17-8-6-13-19(17)21)16-31-25-27-22-14-5-4-12-20(22)24(30)28(25)18-10-2-1-3-11-18/h1-5,7,9-12,14-15H,6,8,13,16H2,(H,26,29). The summed E-state index contributed by atoms with van der Waals surface area (Å²) in [4.78, 5) is 30.7. The third kappa shape index (κ3) is 3.86. The van der Waals surface area contributed by atoms with Gasteiger partial charge in [0.15, 0.2) is 5.16 Å². The van der Waals surface area contributed by atoms with E-state index in [0.717, 1.165) is 30.6 Å². The van der Waals surface area contributed by atoms with E-state index in [-0.39, 0.29) is 17.2 Å². The maximum absolute atomic E-state index is 13.2. The molecule has 0 atom stereocenters. The Hall–Kier alpha value is -3.38. The molecule has 1 heterocycles. The summed E-state index contributed by atoms with van der Waals surface area (Å²) in [5.74, 6) is 0.0636. The number of rotatable bonds is 5. The molecule has 1 aromatic heterocycles. The Balaban J connectivity index is 1.44. The van der Waals surface area contributed by atoms with E-state index in [1.54, 1.807) is 10.6 Å². The maximum atomic E-state index is 13.2. The molecule has 0 aliphatic heterocycles. The number of hydrogen-bond acceptors (Lipinski definition) is 4. The van der Waals surface area contributed by atoms with Gasteiger partial charge in [0, 0.05) is 5.69 Å². The molecule has 0 saturated heterocycles. The van der Waals surface area contributed by atoms with Gasteiger partial charge in [0.2, 0.25) is 5.91 Å². The highest BCUT2D eigenvalue weighted by Gasteiger charge is 2.17. The molecular weight excluding hydrogens is 406 g/mol. The normalized spacial score (nSPS) is 12.6. The minimum atomic E-state index is -0.138. The highest BCUT2D eigenvalue weighted by atomic mass is 32.2. The molecule has 1 N–H and O–H groups in total. The van der Waals surface area contributed by atoms with E-state index in [0.29, 0.717) is 16.1 Å². The van der Waals surface area contributed by atoms with Gasteiger partial charge >= 0.3 is 0 Å². The van der Waals surface area contributed by atoms with Gasteiger partial charge in [0.05, 0.1) is 22.3 Å². The summed E-state index contributed by atoms with van der Waals surface area (Å²) in [6.07, 6.45) is 3.19. The van der Waals surface area contributed by atoms with Gasteiger partial charge in [-0.25, -0.2) is 4.98 Å². The average Bonchev–Trinajstić information content (AvgIpc) is 3.28. The van der Waals surface area contributed by atoms with Gasteiger partial charge < -0.3 is 5.32 Å². The topological polar surface area (TPSA) is 64.0 Å². The van der Waals surface area contributed by atoms with Crippen LogP contribution in [0.25, 0.3) is 16.6 Å². The largest absolute Gasteiger partial charge is 0.325 e. The molecule has 3 aromatic carbocycles. The fraction of sp³-hybridized carbons (Fsp3) is 0.160. The fourth-order valence-corrected chi connectivity index (χ4v) is 4.88. The number of anilines is 1. The van der Waals surface area contributed by atoms with Crippen LogP contribution in [0, 0.1) is 0 Å². The van der Waals surface area contributed by atoms with Crippen molar-refractivity contribution in [2.45, 2.75) is 24.4 Å². The molecule has 1 amide bonds. The number of carbonyl (C=O) groups is 1. The Kier molecular flexibility index (Phi) is 5.30. The summed E-state index contributed by atoms with van der Waals surface area (Å²) in [5, 5.41) is 4.11. The van der Waals surface area contributed by atoms with E-state index in [4.69, 9.17) is 4.98 Å². The second kappa shape index (κ2) is 8.40.